The molecule has 1 heterocycles. The van der Waals surface area contributed by atoms with E-state index in [0.717, 1.165) is 33.6 Å². The highest BCUT2D eigenvalue weighted by Gasteiger charge is 2.20. The molecule has 0 radical (unpaired) electrons. The van der Waals surface area contributed by atoms with E-state index in [4.69, 9.17) is 0 Å². The number of hydrogen-bond acceptors (Lipinski definition) is 4. The summed E-state index contributed by atoms with van der Waals surface area (Å²) in [6.45, 7) is 11.9. The Morgan fingerprint density at radius 2 is 1.64 bits per heavy atom. The molecule has 3 nitrogen and oxygen atoms in total. The average Bonchev–Trinajstić information content (AvgIpc) is 2.46. The molecule has 0 amide bonds. The van der Waals surface area contributed by atoms with Gasteiger partial charge in [-0.3, -0.25) is 4.79 Å². The van der Waals surface area contributed by atoms with Gasteiger partial charge in [-0.1, -0.05) is 29.5 Å². The van der Waals surface area contributed by atoms with E-state index in [1.807, 2.05) is 59.7 Å². The first-order valence-electron chi connectivity index (χ1n) is 7.39. The molecule has 1 atom stereocenters. The minimum absolute atomic E-state index is 0.130. The van der Waals surface area contributed by atoms with Crippen molar-refractivity contribution in [2.45, 2.75) is 51.9 Å². The maximum Gasteiger partial charge on any atom is 0.188 e. The first kappa shape index (κ1) is 16.7. The highest BCUT2D eigenvalue weighted by Crippen LogP contribution is 2.25. The maximum atomic E-state index is 12.7. The number of Topliss-reactive ketones (excluding diaryl/α,β-unsaturated/α-hetero) is 1. The van der Waals surface area contributed by atoms with Crippen LogP contribution in [0.4, 0.5) is 0 Å². The lowest BCUT2D eigenvalue weighted by molar-refractivity contribution is 0.0993. The van der Waals surface area contributed by atoms with Crippen LogP contribution in [0.15, 0.2) is 23.4 Å². The lowest BCUT2D eigenvalue weighted by atomic mass is 10.0. The first-order valence-corrected chi connectivity index (χ1v) is 8.27. The lowest BCUT2D eigenvalue weighted by Gasteiger charge is -2.13. The normalized spacial score (nSPS) is 12.3. The van der Waals surface area contributed by atoms with E-state index in [2.05, 4.69) is 9.97 Å². The molecular weight excluding hydrogens is 292 g/mol. The fraction of sp³-hybridized carbons (Fsp3) is 0.389. The van der Waals surface area contributed by atoms with Gasteiger partial charge in [0.15, 0.2) is 10.9 Å². The molecule has 0 spiro atoms. The zero-order valence-corrected chi connectivity index (χ0v) is 14.8. The third-order valence-electron chi connectivity index (χ3n) is 3.92. The van der Waals surface area contributed by atoms with Crippen LogP contribution in [0.25, 0.3) is 0 Å². The molecule has 2 rings (SSSR count). The van der Waals surface area contributed by atoms with Crippen LogP contribution < -0.4 is 0 Å². The molecule has 0 aliphatic rings. The second kappa shape index (κ2) is 6.61. The van der Waals surface area contributed by atoms with Gasteiger partial charge >= 0.3 is 0 Å². The van der Waals surface area contributed by atoms with Crippen molar-refractivity contribution in [1.29, 1.82) is 0 Å². The van der Waals surface area contributed by atoms with Gasteiger partial charge in [-0.15, -0.1) is 0 Å². The van der Waals surface area contributed by atoms with Crippen molar-refractivity contribution < 1.29 is 4.79 Å². The van der Waals surface area contributed by atoms with Crippen LogP contribution in [0.5, 0.6) is 0 Å². The molecule has 0 unspecified atom stereocenters. The van der Waals surface area contributed by atoms with Crippen molar-refractivity contribution in [1.82, 2.24) is 9.97 Å². The van der Waals surface area contributed by atoms with E-state index >= 15 is 0 Å². The second-order valence-corrected chi connectivity index (χ2v) is 7.05. The van der Waals surface area contributed by atoms with Crippen molar-refractivity contribution >= 4 is 17.5 Å². The third kappa shape index (κ3) is 3.55. The van der Waals surface area contributed by atoms with Crippen molar-refractivity contribution in [2.75, 3.05) is 0 Å². The predicted molar refractivity (Wildman–Crippen MR) is 91.8 cm³/mol. The number of benzene rings is 1. The minimum atomic E-state index is -0.206. The first-order chi connectivity index (χ1) is 10.3. The van der Waals surface area contributed by atoms with E-state index in [1.54, 1.807) is 0 Å². The summed E-state index contributed by atoms with van der Waals surface area (Å²) >= 11 is 1.43. The van der Waals surface area contributed by atoms with Crippen LogP contribution in [-0.2, 0) is 0 Å². The highest BCUT2D eigenvalue weighted by molar-refractivity contribution is 8.00. The molecule has 0 saturated heterocycles. The van der Waals surface area contributed by atoms with Gasteiger partial charge in [0, 0.05) is 17.0 Å². The molecule has 0 aliphatic carbocycles. The number of aryl methyl sites for hydroxylation is 4. The Bertz CT molecular complexity index is 702. The topological polar surface area (TPSA) is 42.9 Å². The number of ketones is 1. The van der Waals surface area contributed by atoms with Gasteiger partial charge in [0.25, 0.3) is 0 Å². The van der Waals surface area contributed by atoms with Gasteiger partial charge < -0.3 is 0 Å². The van der Waals surface area contributed by atoms with Crippen LogP contribution in [0.3, 0.4) is 0 Å². The van der Waals surface area contributed by atoms with Crippen molar-refractivity contribution in [3.63, 3.8) is 0 Å². The number of rotatable bonds is 4. The molecule has 1 aromatic heterocycles. The predicted octanol–water partition coefficient (Wildman–Crippen LogP) is 4.38. The zero-order valence-electron chi connectivity index (χ0n) is 14.0. The maximum absolute atomic E-state index is 12.7. The van der Waals surface area contributed by atoms with Crippen LogP contribution >= 0.6 is 11.8 Å². The van der Waals surface area contributed by atoms with Crippen LogP contribution in [0.1, 0.15) is 45.4 Å². The van der Waals surface area contributed by atoms with Crippen LogP contribution in [0, 0.1) is 34.6 Å². The van der Waals surface area contributed by atoms with Gasteiger partial charge in [-0.25, -0.2) is 9.97 Å². The molecule has 0 fully saturated rings. The SMILES string of the molecule is Cc1ccc(C)c(C(=O)[C@@H](C)Sc2nc(C)c(C)c(C)n2)c1. The average molecular weight is 314 g/mol. The highest BCUT2D eigenvalue weighted by atomic mass is 32.2. The van der Waals surface area contributed by atoms with Gasteiger partial charge in [0.2, 0.25) is 0 Å². The van der Waals surface area contributed by atoms with Crippen molar-refractivity contribution in [3.05, 3.63) is 51.8 Å². The molecule has 0 saturated carbocycles. The van der Waals surface area contributed by atoms with E-state index in [9.17, 15) is 4.79 Å². The molecular formula is C18H22N2OS. The quantitative estimate of drug-likeness (QED) is 0.477. The zero-order chi connectivity index (χ0) is 16.4. The fourth-order valence-electron chi connectivity index (χ4n) is 2.23. The van der Waals surface area contributed by atoms with Gasteiger partial charge in [0.05, 0.1) is 5.25 Å². The smallest absolute Gasteiger partial charge is 0.188 e. The van der Waals surface area contributed by atoms with Crippen LogP contribution in [0.2, 0.25) is 0 Å². The number of nitrogens with zero attached hydrogens (tertiary/aromatic N) is 2. The Morgan fingerprint density at radius 3 is 2.23 bits per heavy atom. The summed E-state index contributed by atoms with van der Waals surface area (Å²) in [5, 5.41) is 0.466. The minimum Gasteiger partial charge on any atom is -0.293 e. The Kier molecular flexibility index (Phi) is 5.01. The fourth-order valence-corrected chi connectivity index (χ4v) is 3.16. The van der Waals surface area contributed by atoms with E-state index in [0.29, 0.717) is 5.16 Å². The number of thioether (sulfide) groups is 1. The Hall–Kier alpha value is -1.68. The molecule has 0 N–H and O–H groups in total. The number of carbonyl (C=O) groups excluding carboxylic acids is 1. The molecule has 4 heteroatoms. The van der Waals surface area contributed by atoms with Crippen LogP contribution in [-0.4, -0.2) is 21.0 Å². The van der Waals surface area contributed by atoms with Crippen molar-refractivity contribution in [2.24, 2.45) is 0 Å². The van der Waals surface area contributed by atoms with Gasteiger partial charge in [-0.05, 0) is 58.7 Å². The molecule has 1 aromatic carbocycles. The Morgan fingerprint density at radius 1 is 1.05 bits per heavy atom. The number of hydrogen-bond donors (Lipinski definition) is 0. The third-order valence-corrected chi connectivity index (χ3v) is 4.88. The summed E-state index contributed by atoms with van der Waals surface area (Å²) in [4.78, 5) is 21.7. The molecule has 116 valence electrons. The number of aromatic nitrogens is 2. The summed E-state index contributed by atoms with van der Waals surface area (Å²) in [6.07, 6.45) is 0. The largest absolute Gasteiger partial charge is 0.293 e. The molecule has 2 aromatic rings. The molecule has 0 bridgehead atoms. The standard InChI is InChI=1S/C18H22N2OS/c1-10-7-8-11(2)16(9-10)17(21)15(6)22-18-19-13(4)12(3)14(5)20-18/h7-9,15H,1-6H3/t15-/m1/s1. The lowest BCUT2D eigenvalue weighted by Crippen LogP contribution is -2.16. The summed E-state index contributed by atoms with van der Waals surface area (Å²) < 4.78 is 0. The summed E-state index contributed by atoms with van der Waals surface area (Å²) in [5.74, 6) is 0.130. The van der Waals surface area contributed by atoms with E-state index in [1.165, 1.54) is 11.8 Å². The van der Waals surface area contributed by atoms with Crippen molar-refractivity contribution in [3.8, 4) is 0 Å². The summed E-state index contributed by atoms with van der Waals surface area (Å²) in [5.41, 5.74) is 5.96. The Labute approximate surface area is 136 Å². The Balaban J connectivity index is 2.23. The van der Waals surface area contributed by atoms with E-state index < -0.39 is 0 Å². The summed E-state index contributed by atoms with van der Waals surface area (Å²) in [6, 6.07) is 5.98. The second-order valence-electron chi connectivity index (χ2n) is 5.74. The van der Waals surface area contributed by atoms with E-state index in [-0.39, 0.29) is 11.0 Å². The van der Waals surface area contributed by atoms with Gasteiger partial charge in [-0.2, -0.15) is 0 Å². The summed E-state index contributed by atoms with van der Waals surface area (Å²) in [7, 11) is 0. The molecule has 0 aliphatic heterocycles. The monoisotopic (exact) mass is 314 g/mol. The number of carbonyl (C=O) groups is 1. The molecule has 22 heavy (non-hydrogen) atoms. The van der Waals surface area contributed by atoms with Gasteiger partial charge in [0.1, 0.15) is 0 Å².